The summed E-state index contributed by atoms with van der Waals surface area (Å²) in [4.78, 5) is 2.45. The number of unbranched alkanes of at least 4 members (excludes halogenated alkanes) is 2. The third-order valence-corrected chi connectivity index (χ3v) is 13.5. The molecule has 0 aliphatic carbocycles. The fraction of sp³-hybridized carbons (Fsp3) is 0.360. The minimum Gasteiger partial charge on any atom is -0.206 e. The van der Waals surface area contributed by atoms with Crippen molar-refractivity contribution in [2.75, 3.05) is 0 Å². The van der Waals surface area contributed by atoms with Crippen LogP contribution in [0, 0.1) is 17.7 Å². The fourth-order valence-corrected chi connectivity index (χ4v) is 9.92. The van der Waals surface area contributed by atoms with E-state index in [1.807, 2.05) is 29.5 Å². The van der Waals surface area contributed by atoms with Crippen molar-refractivity contribution < 1.29 is 4.39 Å². The number of thiophene rings is 1. The van der Waals surface area contributed by atoms with Crippen molar-refractivity contribution in [3.05, 3.63) is 120 Å². The second-order valence-electron chi connectivity index (χ2n) is 15.4. The lowest BCUT2D eigenvalue weighted by Gasteiger charge is -2.15. The van der Waals surface area contributed by atoms with E-state index in [2.05, 4.69) is 107 Å². The number of aromatic nitrogens is 2. The zero-order valence-electron chi connectivity index (χ0n) is 33.0. The zero-order valence-corrected chi connectivity index (χ0v) is 34.7. The molecule has 0 radical (unpaired) electrons. The van der Waals surface area contributed by atoms with Crippen molar-refractivity contribution in [2.45, 2.75) is 105 Å². The van der Waals surface area contributed by atoms with Gasteiger partial charge in [-0.25, -0.2) is 4.39 Å². The van der Waals surface area contributed by atoms with Gasteiger partial charge in [-0.05, 0) is 94.3 Å². The van der Waals surface area contributed by atoms with Gasteiger partial charge in [0, 0.05) is 26.4 Å². The molecule has 5 aromatic carbocycles. The van der Waals surface area contributed by atoms with Crippen LogP contribution in [-0.4, -0.2) is 8.75 Å². The molecule has 0 N–H and O–H groups in total. The highest BCUT2D eigenvalue weighted by atomic mass is 32.1. The van der Waals surface area contributed by atoms with E-state index >= 15 is 4.39 Å². The van der Waals surface area contributed by atoms with Crippen molar-refractivity contribution in [3.63, 3.8) is 0 Å². The molecule has 2 heterocycles. The number of fused-ring (bicyclic) bond motifs is 2. The van der Waals surface area contributed by atoms with Crippen LogP contribution in [0.5, 0.6) is 0 Å². The van der Waals surface area contributed by atoms with Crippen LogP contribution in [-0.2, 0) is 12.8 Å². The topological polar surface area (TPSA) is 25.8 Å². The third kappa shape index (κ3) is 8.95. The molecule has 7 aromatic rings. The van der Waals surface area contributed by atoms with Crippen LogP contribution in [0.1, 0.15) is 103 Å². The van der Waals surface area contributed by atoms with Gasteiger partial charge in [-0.15, -0.1) is 11.3 Å². The Morgan fingerprint density at radius 1 is 0.545 bits per heavy atom. The highest BCUT2D eigenvalue weighted by Crippen LogP contribution is 2.46. The van der Waals surface area contributed by atoms with Gasteiger partial charge < -0.3 is 0 Å². The van der Waals surface area contributed by atoms with Gasteiger partial charge in [0.2, 0.25) is 0 Å². The third-order valence-electron chi connectivity index (χ3n) is 11.8. The van der Waals surface area contributed by atoms with Crippen LogP contribution < -0.4 is 0 Å². The van der Waals surface area contributed by atoms with E-state index in [9.17, 15) is 0 Å². The lowest BCUT2D eigenvalue weighted by atomic mass is 9.91. The maximum atomic E-state index is 15.6. The lowest BCUT2D eigenvalue weighted by molar-refractivity contribution is 0.421. The Labute approximate surface area is 336 Å². The van der Waals surface area contributed by atoms with Gasteiger partial charge in [0.15, 0.2) is 0 Å². The van der Waals surface area contributed by atoms with Gasteiger partial charge in [0.25, 0.3) is 0 Å². The van der Waals surface area contributed by atoms with Gasteiger partial charge >= 0.3 is 0 Å². The fourth-order valence-electron chi connectivity index (χ4n) is 8.29. The summed E-state index contributed by atoms with van der Waals surface area (Å²) in [6.07, 6.45) is 14.7. The average Bonchev–Trinajstić information content (AvgIpc) is 3.91. The van der Waals surface area contributed by atoms with Gasteiger partial charge in [-0.2, -0.15) is 8.75 Å². The molecule has 2 aromatic heterocycles. The molecule has 2 atom stereocenters. The summed E-state index contributed by atoms with van der Waals surface area (Å²) < 4.78 is 25.4. The number of hydrogen-bond donors (Lipinski definition) is 0. The first-order valence-corrected chi connectivity index (χ1v) is 22.3. The molecule has 0 aliphatic heterocycles. The Morgan fingerprint density at radius 3 is 1.71 bits per heavy atom. The van der Waals surface area contributed by atoms with E-state index < -0.39 is 0 Å². The number of benzene rings is 5. The lowest BCUT2D eigenvalue weighted by Crippen LogP contribution is -2.01. The molecular weight excluding hydrogens is 712 g/mol. The van der Waals surface area contributed by atoms with Crippen LogP contribution in [0.25, 0.3) is 64.9 Å². The molecule has 5 heteroatoms. The number of rotatable bonds is 18. The first kappa shape index (κ1) is 39.1. The Bertz CT molecular complexity index is 2300. The smallest absolute Gasteiger partial charge is 0.131 e. The van der Waals surface area contributed by atoms with Crippen molar-refractivity contribution >= 4 is 44.9 Å². The molecule has 55 heavy (non-hydrogen) atoms. The first-order valence-electron chi connectivity index (χ1n) is 20.8. The molecule has 284 valence electrons. The van der Waals surface area contributed by atoms with Gasteiger partial charge in [-0.3, -0.25) is 0 Å². The number of hydrogen-bond acceptors (Lipinski definition) is 4. The largest absolute Gasteiger partial charge is 0.206 e. The highest BCUT2D eigenvalue weighted by molar-refractivity contribution is 7.19. The minimum absolute atomic E-state index is 0.151. The molecule has 7 rings (SSSR count). The summed E-state index contributed by atoms with van der Waals surface area (Å²) in [7, 11) is 0. The molecule has 0 saturated heterocycles. The molecule has 0 bridgehead atoms. The second kappa shape index (κ2) is 18.6. The summed E-state index contributed by atoms with van der Waals surface area (Å²) in [5, 5.41) is 2.31. The van der Waals surface area contributed by atoms with Crippen LogP contribution in [0.15, 0.2) is 103 Å². The zero-order chi connectivity index (χ0) is 38.1. The van der Waals surface area contributed by atoms with E-state index in [-0.39, 0.29) is 5.82 Å². The summed E-state index contributed by atoms with van der Waals surface area (Å²) in [6.45, 7) is 9.15. The van der Waals surface area contributed by atoms with Gasteiger partial charge in [0.1, 0.15) is 16.9 Å². The summed E-state index contributed by atoms with van der Waals surface area (Å²) >= 11 is 3.09. The molecule has 0 saturated carbocycles. The van der Waals surface area contributed by atoms with E-state index in [1.54, 1.807) is 6.07 Å². The normalized spacial score (nSPS) is 12.8. The number of aryl methyl sites for hydroxylation is 2. The average molecular weight is 767 g/mol. The standard InChI is InChI=1S/C50H55FN2S2/c1-5-9-13-34(7-3)17-19-36-21-24-39(25-22-36)45-31-32-46(54-45)48-43-16-12-11-15-42(43)47(49-50(48)53-55-52-49)40-28-26-38(27-29-40)41-30-23-37(33-44(41)51)20-18-35(8-4)14-10-6-2/h11-12,15-16,21-35H,5-10,13-14,17-20H2,1-4H3. The van der Waals surface area contributed by atoms with Crippen molar-refractivity contribution in [1.82, 2.24) is 8.75 Å². The van der Waals surface area contributed by atoms with Crippen molar-refractivity contribution in [2.24, 2.45) is 11.8 Å². The molecule has 2 unspecified atom stereocenters. The predicted molar refractivity (Wildman–Crippen MR) is 238 cm³/mol. The molecular formula is C50H55FN2S2. The Kier molecular flexibility index (Phi) is 13.2. The summed E-state index contributed by atoms with van der Waals surface area (Å²) in [5.74, 6) is 1.39. The minimum atomic E-state index is -0.151. The quantitative estimate of drug-likeness (QED) is 0.0869. The van der Waals surface area contributed by atoms with E-state index in [0.717, 1.165) is 69.4 Å². The predicted octanol–water partition coefficient (Wildman–Crippen LogP) is 16.0. The summed E-state index contributed by atoms with van der Waals surface area (Å²) in [6, 6.07) is 36.5. The van der Waals surface area contributed by atoms with Crippen LogP contribution >= 0.6 is 23.1 Å². The first-order chi connectivity index (χ1) is 27.0. The van der Waals surface area contributed by atoms with Gasteiger partial charge in [0.05, 0.1) is 11.7 Å². The van der Waals surface area contributed by atoms with Crippen molar-refractivity contribution in [1.29, 1.82) is 0 Å². The van der Waals surface area contributed by atoms with Crippen LogP contribution in [0.3, 0.4) is 0 Å². The Morgan fingerprint density at radius 2 is 1.09 bits per heavy atom. The molecule has 0 fully saturated rings. The maximum absolute atomic E-state index is 15.6. The van der Waals surface area contributed by atoms with Gasteiger partial charge in [-0.1, -0.05) is 164 Å². The van der Waals surface area contributed by atoms with Crippen LogP contribution in [0.2, 0.25) is 0 Å². The highest BCUT2D eigenvalue weighted by Gasteiger charge is 2.21. The molecule has 0 amide bonds. The SMILES string of the molecule is CCCCC(CC)CCc1ccc(-c2ccc(-c3c4ccccc4c(-c4ccc(-c5ccc(CCC(CC)CCCC)cc5F)cc4)c4nsnc34)s2)cc1. The number of nitrogens with zero attached hydrogens (tertiary/aromatic N) is 2. The molecule has 2 nitrogen and oxygen atoms in total. The Balaban J connectivity index is 1.13. The molecule has 0 spiro atoms. The van der Waals surface area contributed by atoms with Crippen LogP contribution in [0.4, 0.5) is 4.39 Å². The maximum Gasteiger partial charge on any atom is 0.131 e. The summed E-state index contributed by atoms with van der Waals surface area (Å²) in [5.41, 5.74) is 10.4. The van der Waals surface area contributed by atoms with E-state index in [0.29, 0.717) is 11.5 Å². The molecule has 0 aliphatic rings. The monoisotopic (exact) mass is 766 g/mol. The number of halogens is 1. The van der Waals surface area contributed by atoms with E-state index in [1.165, 1.54) is 95.8 Å². The second-order valence-corrected chi connectivity index (χ2v) is 17.0. The van der Waals surface area contributed by atoms with E-state index in [4.69, 9.17) is 8.75 Å². The Hall–Kier alpha value is -4.19. The van der Waals surface area contributed by atoms with Crippen molar-refractivity contribution in [3.8, 4) is 43.1 Å².